The predicted molar refractivity (Wildman–Crippen MR) is 59.1 cm³/mol. The summed E-state index contributed by atoms with van der Waals surface area (Å²) in [5.74, 6) is 0.0679. The first-order chi connectivity index (χ1) is 6.76. The van der Waals surface area contributed by atoms with Gasteiger partial charge < -0.3 is 4.74 Å². The number of rotatable bonds is 8. The van der Waals surface area contributed by atoms with E-state index in [1.807, 2.05) is 13.0 Å². The molecule has 0 aliphatic heterocycles. The van der Waals surface area contributed by atoms with E-state index in [1.54, 1.807) is 0 Å². The van der Waals surface area contributed by atoms with Crippen LogP contribution in [-0.2, 0) is 9.53 Å². The standard InChI is InChI=1S/C12H22O2/c1-4-7-8-10-11(9-5-2)12(13)14-6-3/h4,11H,1,5-10H2,2-3H3. The fraction of sp³-hybridized carbons (Fsp3) is 0.750. The molecule has 82 valence electrons. The molecule has 0 N–H and O–H groups in total. The Hall–Kier alpha value is -0.790. The Morgan fingerprint density at radius 3 is 2.64 bits per heavy atom. The van der Waals surface area contributed by atoms with Gasteiger partial charge in [0.15, 0.2) is 0 Å². The first-order valence-electron chi connectivity index (χ1n) is 5.53. The average molecular weight is 198 g/mol. The lowest BCUT2D eigenvalue weighted by Gasteiger charge is -2.13. The maximum absolute atomic E-state index is 11.5. The van der Waals surface area contributed by atoms with Gasteiger partial charge in [-0.05, 0) is 32.6 Å². The van der Waals surface area contributed by atoms with E-state index >= 15 is 0 Å². The minimum Gasteiger partial charge on any atom is -0.466 e. The van der Waals surface area contributed by atoms with Gasteiger partial charge in [-0.2, -0.15) is 0 Å². The van der Waals surface area contributed by atoms with Crippen molar-refractivity contribution < 1.29 is 9.53 Å². The van der Waals surface area contributed by atoms with Crippen LogP contribution in [0.5, 0.6) is 0 Å². The highest BCUT2D eigenvalue weighted by atomic mass is 16.5. The van der Waals surface area contributed by atoms with Crippen LogP contribution in [0.25, 0.3) is 0 Å². The van der Waals surface area contributed by atoms with Gasteiger partial charge in [0, 0.05) is 0 Å². The zero-order valence-corrected chi connectivity index (χ0v) is 9.42. The van der Waals surface area contributed by atoms with E-state index in [9.17, 15) is 4.79 Å². The Balaban J connectivity index is 3.86. The number of esters is 1. The SMILES string of the molecule is C=CCCCC(CCC)C(=O)OCC. The van der Waals surface area contributed by atoms with E-state index in [2.05, 4.69) is 13.5 Å². The molecule has 14 heavy (non-hydrogen) atoms. The summed E-state index contributed by atoms with van der Waals surface area (Å²) < 4.78 is 5.02. The highest BCUT2D eigenvalue weighted by molar-refractivity contribution is 5.72. The summed E-state index contributed by atoms with van der Waals surface area (Å²) in [6, 6.07) is 0. The van der Waals surface area contributed by atoms with Crippen LogP contribution >= 0.6 is 0 Å². The molecule has 0 amide bonds. The van der Waals surface area contributed by atoms with Crippen molar-refractivity contribution in [1.82, 2.24) is 0 Å². The quantitative estimate of drug-likeness (QED) is 0.340. The van der Waals surface area contributed by atoms with Crippen LogP contribution in [0.15, 0.2) is 12.7 Å². The van der Waals surface area contributed by atoms with Crippen molar-refractivity contribution in [3.8, 4) is 0 Å². The molecule has 0 aromatic carbocycles. The third kappa shape index (κ3) is 5.79. The molecular formula is C12H22O2. The molecule has 0 heterocycles. The van der Waals surface area contributed by atoms with Crippen molar-refractivity contribution in [1.29, 1.82) is 0 Å². The Labute approximate surface area is 87.3 Å². The molecule has 2 nitrogen and oxygen atoms in total. The van der Waals surface area contributed by atoms with Crippen molar-refractivity contribution in [3.63, 3.8) is 0 Å². The molecule has 0 aromatic heterocycles. The Bertz CT molecular complexity index is 164. The fourth-order valence-electron chi connectivity index (χ4n) is 1.50. The summed E-state index contributed by atoms with van der Waals surface area (Å²) in [5, 5.41) is 0. The molecule has 2 heteroatoms. The number of unbranched alkanes of at least 4 members (excludes halogenated alkanes) is 1. The van der Waals surface area contributed by atoms with Crippen molar-refractivity contribution >= 4 is 5.97 Å². The zero-order chi connectivity index (χ0) is 10.8. The molecular weight excluding hydrogens is 176 g/mol. The Kier molecular flexibility index (Phi) is 8.30. The Morgan fingerprint density at radius 1 is 1.43 bits per heavy atom. The van der Waals surface area contributed by atoms with Crippen molar-refractivity contribution in [2.45, 2.75) is 46.0 Å². The summed E-state index contributed by atoms with van der Waals surface area (Å²) in [6.07, 6.45) is 6.83. The van der Waals surface area contributed by atoms with Crippen molar-refractivity contribution in [3.05, 3.63) is 12.7 Å². The molecule has 0 fully saturated rings. The van der Waals surface area contributed by atoms with Gasteiger partial charge >= 0.3 is 5.97 Å². The lowest BCUT2D eigenvalue weighted by molar-refractivity contribution is -0.148. The number of carbonyl (C=O) groups is 1. The fourth-order valence-corrected chi connectivity index (χ4v) is 1.50. The minimum atomic E-state index is -0.0292. The molecule has 0 saturated heterocycles. The lowest BCUT2D eigenvalue weighted by Crippen LogP contribution is -2.17. The minimum absolute atomic E-state index is 0.0292. The van der Waals surface area contributed by atoms with Gasteiger partial charge in [-0.1, -0.05) is 19.4 Å². The number of allylic oxidation sites excluding steroid dienone is 1. The van der Waals surface area contributed by atoms with E-state index in [0.29, 0.717) is 6.61 Å². The normalized spacial score (nSPS) is 12.1. The summed E-state index contributed by atoms with van der Waals surface area (Å²) in [6.45, 7) is 8.10. The third-order valence-corrected chi connectivity index (χ3v) is 2.22. The highest BCUT2D eigenvalue weighted by Crippen LogP contribution is 2.16. The van der Waals surface area contributed by atoms with Gasteiger partial charge in [-0.25, -0.2) is 0 Å². The average Bonchev–Trinajstić information content (AvgIpc) is 2.17. The molecule has 0 bridgehead atoms. The van der Waals surface area contributed by atoms with Crippen LogP contribution in [0.1, 0.15) is 46.0 Å². The van der Waals surface area contributed by atoms with Gasteiger partial charge in [0.05, 0.1) is 12.5 Å². The van der Waals surface area contributed by atoms with Crippen LogP contribution in [0.4, 0.5) is 0 Å². The van der Waals surface area contributed by atoms with Crippen LogP contribution < -0.4 is 0 Å². The zero-order valence-electron chi connectivity index (χ0n) is 9.42. The van der Waals surface area contributed by atoms with Crippen molar-refractivity contribution in [2.75, 3.05) is 6.61 Å². The second-order valence-electron chi connectivity index (χ2n) is 3.46. The second kappa shape index (κ2) is 8.79. The lowest BCUT2D eigenvalue weighted by atomic mass is 9.97. The first-order valence-corrected chi connectivity index (χ1v) is 5.53. The highest BCUT2D eigenvalue weighted by Gasteiger charge is 2.17. The maximum Gasteiger partial charge on any atom is 0.308 e. The van der Waals surface area contributed by atoms with Crippen LogP contribution in [0.3, 0.4) is 0 Å². The van der Waals surface area contributed by atoms with Gasteiger partial charge in [0.2, 0.25) is 0 Å². The molecule has 1 unspecified atom stereocenters. The summed E-state index contributed by atoms with van der Waals surface area (Å²) in [4.78, 5) is 11.5. The molecule has 0 aliphatic rings. The molecule has 1 atom stereocenters. The van der Waals surface area contributed by atoms with Crippen LogP contribution in [0.2, 0.25) is 0 Å². The topological polar surface area (TPSA) is 26.3 Å². The largest absolute Gasteiger partial charge is 0.466 e. The van der Waals surface area contributed by atoms with Crippen LogP contribution in [-0.4, -0.2) is 12.6 Å². The number of ether oxygens (including phenoxy) is 1. The van der Waals surface area contributed by atoms with E-state index < -0.39 is 0 Å². The van der Waals surface area contributed by atoms with Crippen LogP contribution in [0, 0.1) is 5.92 Å². The summed E-state index contributed by atoms with van der Waals surface area (Å²) in [7, 11) is 0. The molecule has 0 saturated carbocycles. The molecule has 0 aromatic rings. The van der Waals surface area contributed by atoms with E-state index in [1.165, 1.54) is 0 Å². The first kappa shape index (κ1) is 13.2. The van der Waals surface area contributed by atoms with Gasteiger partial charge in [0.25, 0.3) is 0 Å². The second-order valence-corrected chi connectivity index (χ2v) is 3.46. The Morgan fingerprint density at radius 2 is 2.14 bits per heavy atom. The molecule has 0 rings (SSSR count). The van der Waals surface area contributed by atoms with E-state index in [4.69, 9.17) is 4.74 Å². The van der Waals surface area contributed by atoms with E-state index in [0.717, 1.165) is 32.1 Å². The summed E-state index contributed by atoms with van der Waals surface area (Å²) >= 11 is 0. The van der Waals surface area contributed by atoms with Gasteiger partial charge in [-0.3, -0.25) is 4.79 Å². The molecule has 0 radical (unpaired) electrons. The van der Waals surface area contributed by atoms with Gasteiger partial charge in [0.1, 0.15) is 0 Å². The summed E-state index contributed by atoms with van der Waals surface area (Å²) in [5.41, 5.74) is 0. The molecule has 0 spiro atoms. The molecule has 0 aliphatic carbocycles. The number of hydrogen-bond acceptors (Lipinski definition) is 2. The number of hydrogen-bond donors (Lipinski definition) is 0. The third-order valence-electron chi connectivity index (χ3n) is 2.22. The number of carbonyl (C=O) groups excluding carboxylic acids is 1. The smallest absolute Gasteiger partial charge is 0.308 e. The van der Waals surface area contributed by atoms with Crippen molar-refractivity contribution in [2.24, 2.45) is 5.92 Å². The monoisotopic (exact) mass is 198 g/mol. The predicted octanol–water partition coefficient (Wildman–Crippen LogP) is 3.32. The van der Waals surface area contributed by atoms with E-state index in [-0.39, 0.29) is 11.9 Å². The maximum atomic E-state index is 11.5. The van der Waals surface area contributed by atoms with Gasteiger partial charge in [-0.15, -0.1) is 6.58 Å².